The van der Waals surface area contributed by atoms with Gasteiger partial charge in [0.1, 0.15) is 5.69 Å². The minimum Gasteiger partial charge on any atom is -0.338 e. The number of aromatic amines is 1. The molecular weight excluding hydrogens is 406 g/mol. The summed E-state index contributed by atoms with van der Waals surface area (Å²) in [5.74, 6) is 0.864. The van der Waals surface area contributed by atoms with Crippen LogP contribution in [0, 0.1) is 4.77 Å². The minimum atomic E-state index is -0.186. The van der Waals surface area contributed by atoms with Crippen molar-refractivity contribution in [3.8, 4) is 22.0 Å². The van der Waals surface area contributed by atoms with Crippen LogP contribution >= 0.6 is 23.6 Å². The van der Waals surface area contributed by atoms with Crippen LogP contribution in [0.2, 0.25) is 0 Å². The van der Waals surface area contributed by atoms with Crippen molar-refractivity contribution < 1.29 is 9.32 Å². The third-order valence-electron chi connectivity index (χ3n) is 4.49. The molecule has 4 rings (SSSR count). The molecule has 0 radical (unpaired) electrons. The molecule has 0 aliphatic carbocycles. The monoisotopic (exact) mass is 425 g/mol. The van der Waals surface area contributed by atoms with Gasteiger partial charge in [-0.1, -0.05) is 42.4 Å². The fraction of sp³-hybridized carbons (Fsp3) is 0.200. The Kier molecular flexibility index (Phi) is 5.68. The van der Waals surface area contributed by atoms with E-state index in [9.17, 15) is 4.79 Å². The molecule has 0 aliphatic rings. The zero-order valence-electron chi connectivity index (χ0n) is 15.7. The van der Waals surface area contributed by atoms with E-state index in [-0.39, 0.29) is 12.3 Å². The van der Waals surface area contributed by atoms with Crippen molar-refractivity contribution in [1.82, 2.24) is 19.9 Å². The molecule has 0 unspecified atom stereocenters. The van der Waals surface area contributed by atoms with Crippen LogP contribution in [-0.2, 0) is 17.8 Å². The number of nitrogens with zero attached hydrogens (tertiary/aromatic N) is 3. The normalized spacial score (nSPS) is 10.9. The molecule has 0 aliphatic heterocycles. The molecule has 4 aromatic rings. The fourth-order valence-corrected chi connectivity index (χ4v) is 3.86. The second-order valence-corrected chi connectivity index (χ2v) is 7.74. The van der Waals surface area contributed by atoms with Crippen molar-refractivity contribution in [1.29, 1.82) is 0 Å². The molecule has 0 bridgehead atoms. The number of hydrogen-bond donors (Lipinski definition) is 2. The highest BCUT2D eigenvalue weighted by molar-refractivity contribution is 7.71. The van der Waals surface area contributed by atoms with Gasteiger partial charge in [0, 0.05) is 24.6 Å². The number of aryl methyl sites for hydroxylation is 1. The smallest absolute Gasteiger partial charge is 0.231 e. The Balaban J connectivity index is 1.39. The van der Waals surface area contributed by atoms with Gasteiger partial charge in [-0.05, 0) is 35.6 Å². The van der Waals surface area contributed by atoms with Crippen molar-refractivity contribution in [3.63, 3.8) is 0 Å². The molecule has 0 fully saturated rings. The Hall–Kier alpha value is -3.04. The van der Waals surface area contributed by atoms with Crippen LogP contribution in [-0.4, -0.2) is 25.8 Å². The van der Waals surface area contributed by atoms with Gasteiger partial charge < -0.3 is 4.52 Å². The van der Waals surface area contributed by atoms with Gasteiger partial charge in [0.25, 0.3) is 0 Å². The summed E-state index contributed by atoms with van der Waals surface area (Å²) < 4.78 is 7.57. The van der Waals surface area contributed by atoms with Crippen LogP contribution in [0.3, 0.4) is 0 Å². The first-order chi connectivity index (χ1) is 14.1. The molecule has 2 N–H and O–H groups in total. The maximum absolute atomic E-state index is 12.4. The molecule has 3 aromatic heterocycles. The summed E-state index contributed by atoms with van der Waals surface area (Å²) >= 11 is 6.86. The Labute approximate surface area is 176 Å². The minimum absolute atomic E-state index is 0.186. The lowest BCUT2D eigenvalue weighted by Crippen LogP contribution is -2.14. The van der Waals surface area contributed by atoms with Crippen molar-refractivity contribution in [2.75, 3.05) is 5.32 Å². The van der Waals surface area contributed by atoms with Gasteiger partial charge in [-0.3, -0.25) is 19.8 Å². The average molecular weight is 426 g/mol. The van der Waals surface area contributed by atoms with Gasteiger partial charge in [0.2, 0.25) is 11.8 Å². The van der Waals surface area contributed by atoms with Crippen molar-refractivity contribution in [2.45, 2.75) is 26.3 Å². The van der Waals surface area contributed by atoms with Crippen LogP contribution in [0.15, 0.2) is 52.4 Å². The summed E-state index contributed by atoms with van der Waals surface area (Å²) in [6.07, 6.45) is 1.21. The Morgan fingerprint density at radius 2 is 2.14 bits per heavy atom. The number of aromatic nitrogens is 4. The van der Waals surface area contributed by atoms with Gasteiger partial charge in [-0.2, -0.15) is 5.10 Å². The van der Waals surface area contributed by atoms with E-state index >= 15 is 0 Å². The van der Waals surface area contributed by atoms with E-state index in [0.29, 0.717) is 22.9 Å². The van der Waals surface area contributed by atoms with E-state index in [2.05, 4.69) is 39.7 Å². The second kappa shape index (κ2) is 8.54. The summed E-state index contributed by atoms with van der Waals surface area (Å²) in [5, 5.41) is 15.8. The summed E-state index contributed by atoms with van der Waals surface area (Å²) in [6, 6.07) is 13.7. The van der Waals surface area contributed by atoms with Crippen LogP contribution in [0.5, 0.6) is 0 Å². The molecule has 7 nitrogen and oxygen atoms in total. The average Bonchev–Trinajstić information content (AvgIpc) is 3.48. The lowest BCUT2D eigenvalue weighted by molar-refractivity contribution is -0.116. The molecule has 29 heavy (non-hydrogen) atoms. The molecule has 0 saturated carbocycles. The number of H-pyrrole nitrogens is 1. The molecule has 3 heterocycles. The molecule has 0 spiro atoms. The van der Waals surface area contributed by atoms with Crippen LogP contribution in [0.1, 0.15) is 18.9 Å². The van der Waals surface area contributed by atoms with E-state index < -0.39 is 0 Å². The second-order valence-electron chi connectivity index (χ2n) is 6.41. The lowest BCUT2D eigenvalue weighted by atomic mass is 10.1. The number of anilines is 1. The summed E-state index contributed by atoms with van der Waals surface area (Å²) in [6.45, 7) is 2.52. The van der Waals surface area contributed by atoms with Crippen molar-refractivity contribution >= 4 is 35.3 Å². The third kappa shape index (κ3) is 4.36. The summed E-state index contributed by atoms with van der Waals surface area (Å²) in [4.78, 5) is 13.4. The third-order valence-corrected chi connectivity index (χ3v) is 5.67. The molecule has 148 valence electrons. The Morgan fingerprint density at radius 3 is 2.86 bits per heavy atom. The van der Waals surface area contributed by atoms with E-state index in [1.807, 2.05) is 34.2 Å². The van der Waals surface area contributed by atoms with Crippen LogP contribution < -0.4 is 5.32 Å². The molecule has 0 saturated heterocycles. The van der Waals surface area contributed by atoms with E-state index in [1.165, 1.54) is 5.56 Å². The van der Waals surface area contributed by atoms with E-state index in [1.54, 1.807) is 17.4 Å². The Bertz CT molecular complexity index is 1160. The van der Waals surface area contributed by atoms with Gasteiger partial charge >= 0.3 is 0 Å². The van der Waals surface area contributed by atoms with Crippen LogP contribution in [0.4, 0.5) is 5.88 Å². The zero-order valence-corrected chi connectivity index (χ0v) is 17.3. The molecule has 0 atom stereocenters. The lowest BCUT2D eigenvalue weighted by Gasteiger charge is -2.05. The first kappa shape index (κ1) is 19.3. The number of rotatable bonds is 7. The van der Waals surface area contributed by atoms with Gasteiger partial charge in [-0.25, -0.2) is 0 Å². The summed E-state index contributed by atoms with van der Waals surface area (Å²) in [5.41, 5.74) is 2.88. The van der Waals surface area contributed by atoms with Gasteiger partial charge in [-0.15, -0.1) is 11.3 Å². The van der Waals surface area contributed by atoms with E-state index in [4.69, 9.17) is 16.7 Å². The van der Waals surface area contributed by atoms with E-state index in [0.717, 1.165) is 22.7 Å². The van der Waals surface area contributed by atoms with Gasteiger partial charge in [0.05, 0.1) is 4.88 Å². The predicted molar refractivity (Wildman–Crippen MR) is 115 cm³/mol. The molecule has 1 aromatic carbocycles. The standard InChI is InChI=1S/C20H19N5O2S2/c1-2-13-5-7-14(8-6-13)15-12-18(27-24-15)21-17(26)9-10-25-19(22-23-20(25)28)16-4-3-11-29-16/h3-8,11-12H,2,9-10H2,1H3,(H,21,26)(H,23,28). The number of thiophene rings is 1. The van der Waals surface area contributed by atoms with Crippen molar-refractivity contribution in [2.24, 2.45) is 0 Å². The molecule has 1 amide bonds. The van der Waals surface area contributed by atoms with Gasteiger partial charge in [0.15, 0.2) is 10.6 Å². The zero-order chi connectivity index (χ0) is 20.2. The Morgan fingerprint density at radius 1 is 1.31 bits per heavy atom. The quantitative estimate of drug-likeness (QED) is 0.411. The van der Waals surface area contributed by atoms with Crippen LogP contribution in [0.25, 0.3) is 22.0 Å². The number of carbonyl (C=O) groups is 1. The first-order valence-corrected chi connectivity index (χ1v) is 10.5. The SMILES string of the molecule is CCc1ccc(-c2cc(NC(=O)CCn3c(-c4cccs4)n[nH]c3=S)on2)cc1. The highest BCUT2D eigenvalue weighted by Crippen LogP contribution is 2.24. The fourth-order valence-electron chi connectivity index (χ4n) is 2.91. The molecule has 9 heteroatoms. The van der Waals surface area contributed by atoms with Crippen molar-refractivity contribution in [3.05, 3.63) is 58.2 Å². The predicted octanol–water partition coefficient (Wildman–Crippen LogP) is 4.92. The number of nitrogens with one attached hydrogen (secondary N) is 2. The number of carbonyl (C=O) groups excluding carboxylic acids is 1. The summed E-state index contributed by atoms with van der Waals surface area (Å²) in [7, 11) is 0. The maximum atomic E-state index is 12.4. The topological polar surface area (TPSA) is 88.7 Å². The number of amides is 1. The molecular formula is C20H19N5O2S2. The highest BCUT2D eigenvalue weighted by atomic mass is 32.1. The highest BCUT2D eigenvalue weighted by Gasteiger charge is 2.13. The number of benzene rings is 1. The largest absolute Gasteiger partial charge is 0.338 e. The maximum Gasteiger partial charge on any atom is 0.231 e. The first-order valence-electron chi connectivity index (χ1n) is 9.19. The number of hydrogen-bond acceptors (Lipinski definition) is 6.